The largest absolute Gasteiger partial charge is 0.382 e. The van der Waals surface area contributed by atoms with Crippen molar-refractivity contribution >= 4 is 16.6 Å². The van der Waals surface area contributed by atoms with Crippen LogP contribution in [0, 0.1) is 0 Å². The molecule has 1 N–H and O–H groups in total. The molecular formula is C21H27N5O3. The molecule has 1 aliphatic carbocycles. The number of fused-ring (bicyclic) bond motifs is 1. The van der Waals surface area contributed by atoms with Crippen molar-refractivity contribution < 1.29 is 9.47 Å². The molecule has 0 aromatic carbocycles. The van der Waals surface area contributed by atoms with Gasteiger partial charge in [0.05, 0.1) is 31.0 Å². The molecule has 3 heterocycles. The predicted molar refractivity (Wildman–Crippen MR) is 112 cm³/mol. The Balaban J connectivity index is 1.55. The Kier molecular flexibility index (Phi) is 5.92. The average Bonchev–Trinajstić information content (AvgIpc) is 3.28. The summed E-state index contributed by atoms with van der Waals surface area (Å²) in [5.41, 5.74) is 1.62. The van der Waals surface area contributed by atoms with Gasteiger partial charge in [-0.25, -0.2) is 9.97 Å². The first-order valence-corrected chi connectivity index (χ1v) is 10.0. The Morgan fingerprint density at radius 3 is 2.76 bits per heavy atom. The molecule has 1 saturated carbocycles. The van der Waals surface area contributed by atoms with Crippen LogP contribution in [0.2, 0.25) is 0 Å². The maximum Gasteiger partial charge on any atom is 0.252 e. The highest BCUT2D eigenvalue weighted by Crippen LogP contribution is 2.28. The van der Waals surface area contributed by atoms with E-state index in [0.29, 0.717) is 25.4 Å². The summed E-state index contributed by atoms with van der Waals surface area (Å²) in [5.74, 6) is 0.770. The number of pyridine rings is 2. The topological polar surface area (TPSA) is 83.2 Å². The van der Waals surface area contributed by atoms with Gasteiger partial charge in [-0.05, 0) is 31.7 Å². The summed E-state index contributed by atoms with van der Waals surface area (Å²) in [6.07, 6.45) is 11.4. The summed E-state index contributed by atoms with van der Waals surface area (Å²) >= 11 is 0. The Labute approximate surface area is 169 Å². The van der Waals surface area contributed by atoms with Gasteiger partial charge in [-0.15, -0.1) is 0 Å². The first-order chi connectivity index (χ1) is 14.2. The van der Waals surface area contributed by atoms with Crippen molar-refractivity contribution in [2.75, 3.05) is 25.6 Å². The Morgan fingerprint density at radius 2 is 2.03 bits per heavy atom. The molecule has 4 rings (SSSR count). The first-order valence-electron chi connectivity index (χ1n) is 10.0. The van der Waals surface area contributed by atoms with Crippen molar-refractivity contribution in [2.24, 2.45) is 7.05 Å². The number of methoxy groups -OCH3 is 1. The molecule has 0 atom stereocenters. The summed E-state index contributed by atoms with van der Waals surface area (Å²) in [6.45, 7) is 1.27. The number of nitrogens with one attached hydrogen (secondary N) is 1. The standard InChI is InChI=1S/C21H27N5O3/c1-25-19-13-23-20(26-8-7-22-14-26)11-17(19)18(12-21(25)27)24-15-3-5-16(6-4-15)29-10-9-28-2/h7-8,11-16,24H,3-6,9-10H2,1-2H3. The monoisotopic (exact) mass is 397 g/mol. The van der Waals surface area contributed by atoms with E-state index in [1.165, 1.54) is 0 Å². The lowest BCUT2D eigenvalue weighted by molar-refractivity contribution is -0.00154. The second-order valence-electron chi connectivity index (χ2n) is 7.47. The van der Waals surface area contributed by atoms with Crippen LogP contribution in [0.25, 0.3) is 16.7 Å². The van der Waals surface area contributed by atoms with Crippen molar-refractivity contribution in [1.82, 2.24) is 19.1 Å². The maximum atomic E-state index is 12.5. The molecule has 3 aromatic rings. The minimum Gasteiger partial charge on any atom is -0.382 e. The van der Waals surface area contributed by atoms with Gasteiger partial charge in [-0.3, -0.25) is 9.36 Å². The number of hydrogen-bond donors (Lipinski definition) is 1. The zero-order valence-electron chi connectivity index (χ0n) is 16.9. The van der Waals surface area contributed by atoms with E-state index >= 15 is 0 Å². The van der Waals surface area contributed by atoms with Crippen LogP contribution in [-0.4, -0.2) is 51.6 Å². The van der Waals surface area contributed by atoms with E-state index in [2.05, 4.69) is 15.3 Å². The summed E-state index contributed by atoms with van der Waals surface area (Å²) in [6, 6.07) is 4.00. The van der Waals surface area contributed by atoms with Crippen LogP contribution in [0.4, 0.5) is 5.69 Å². The minimum absolute atomic E-state index is 0.0474. The van der Waals surface area contributed by atoms with Gasteiger partial charge in [-0.1, -0.05) is 0 Å². The molecule has 0 aliphatic heterocycles. The lowest BCUT2D eigenvalue weighted by atomic mass is 9.92. The Morgan fingerprint density at radius 1 is 1.21 bits per heavy atom. The zero-order chi connectivity index (χ0) is 20.2. The van der Waals surface area contributed by atoms with E-state index < -0.39 is 0 Å². The van der Waals surface area contributed by atoms with Gasteiger partial charge in [0.1, 0.15) is 12.1 Å². The van der Waals surface area contributed by atoms with Crippen LogP contribution in [-0.2, 0) is 16.5 Å². The van der Waals surface area contributed by atoms with Gasteiger partial charge in [0.15, 0.2) is 0 Å². The van der Waals surface area contributed by atoms with Crippen LogP contribution in [0.15, 0.2) is 41.8 Å². The van der Waals surface area contributed by atoms with Crippen molar-refractivity contribution in [3.8, 4) is 5.82 Å². The summed E-state index contributed by atoms with van der Waals surface area (Å²) in [7, 11) is 3.46. The van der Waals surface area contributed by atoms with E-state index in [1.807, 2.05) is 16.8 Å². The fourth-order valence-electron chi connectivity index (χ4n) is 3.88. The lowest BCUT2D eigenvalue weighted by Gasteiger charge is -2.30. The zero-order valence-corrected chi connectivity index (χ0v) is 16.9. The SMILES string of the molecule is COCCOC1CCC(Nc2cc(=O)n(C)c3cnc(-n4ccnc4)cc23)CC1. The fourth-order valence-corrected chi connectivity index (χ4v) is 3.88. The van der Waals surface area contributed by atoms with Crippen molar-refractivity contribution in [2.45, 2.75) is 37.8 Å². The number of anilines is 1. The van der Waals surface area contributed by atoms with Crippen LogP contribution >= 0.6 is 0 Å². The number of rotatable bonds is 7. The smallest absolute Gasteiger partial charge is 0.252 e. The Hall–Kier alpha value is -2.71. The van der Waals surface area contributed by atoms with E-state index in [9.17, 15) is 4.79 Å². The van der Waals surface area contributed by atoms with E-state index in [4.69, 9.17) is 9.47 Å². The molecule has 0 saturated heterocycles. The molecule has 0 amide bonds. The molecule has 3 aromatic heterocycles. The van der Waals surface area contributed by atoms with Crippen molar-refractivity contribution in [3.05, 3.63) is 47.4 Å². The third-order valence-corrected chi connectivity index (χ3v) is 5.56. The van der Waals surface area contributed by atoms with Gasteiger partial charge < -0.3 is 19.4 Å². The molecule has 29 heavy (non-hydrogen) atoms. The molecule has 154 valence electrons. The number of aryl methyl sites for hydroxylation is 1. The quantitative estimate of drug-likeness (QED) is 0.617. The highest BCUT2D eigenvalue weighted by atomic mass is 16.5. The van der Waals surface area contributed by atoms with Gasteiger partial charge in [0, 0.05) is 49.7 Å². The third kappa shape index (κ3) is 4.33. The molecule has 8 heteroatoms. The fraction of sp³-hybridized carbons (Fsp3) is 0.476. The summed E-state index contributed by atoms with van der Waals surface area (Å²) in [5, 5.41) is 4.58. The summed E-state index contributed by atoms with van der Waals surface area (Å²) in [4.78, 5) is 21.0. The van der Waals surface area contributed by atoms with Gasteiger partial charge in [-0.2, -0.15) is 0 Å². The minimum atomic E-state index is -0.0474. The second-order valence-corrected chi connectivity index (χ2v) is 7.47. The third-order valence-electron chi connectivity index (χ3n) is 5.56. The molecule has 0 spiro atoms. The maximum absolute atomic E-state index is 12.5. The molecule has 1 aliphatic rings. The van der Waals surface area contributed by atoms with Crippen LogP contribution < -0.4 is 10.9 Å². The normalized spacial score (nSPS) is 19.5. The van der Waals surface area contributed by atoms with E-state index in [1.54, 1.807) is 43.5 Å². The van der Waals surface area contributed by atoms with Crippen LogP contribution in [0.3, 0.4) is 0 Å². The average molecular weight is 397 g/mol. The highest BCUT2D eigenvalue weighted by molar-refractivity contribution is 5.92. The van der Waals surface area contributed by atoms with Gasteiger partial charge in [0.2, 0.25) is 0 Å². The van der Waals surface area contributed by atoms with Crippen molar-refractivity contribution in [3.63, 3.8) is 0 Å². The second kappa shape index (κ2) is 8.75. The number of aromatic nitrogens is 4. The molecular weight excluding hydrogens is 370 g/mol. The highest BCUT2D eigenvalue weighted by Gasteiger charge is 2.22. The predicted octanol–water partition coefficient (Wildman–Crippen LogP) is 2.51. The Bertz CT molecular complexity index is 1010. The summed E-state index contributed by atoms with van der Waals surface area (Å²) < 4.78 is 14.4. The van der Waals surface area contributed by atoms with Crippen LogP contribution in [0.5, 0.6) is 0 Å². The molecule has 1 fully saturated rings. The number of ether oxygens (including phenoxy) is 2. The first kappa shape index (κ1) is 19.6. The molecule has 8 nitrogen and oxygen atoms in total. The number of nitrogens with zero attached hydrogens (tertiary/aromatic N) is 4. The number of hydrogen-bond acceptors (Lipinski definition) is 6. The van der Waals surface area contributed by atoms with Gasteiger partial charge in [0.25, 0.3) is 5.56 Å². The van der Waals surface area contributed by atoms with Crippen molar-refractivity contribution in [1.29, 1.82) is 0 Å². The van der Waals surface area contributed by atoms with Crippen LogP contribution in [0.1, 0.15) is 25.7 Å². The van der Waals surface area contributed by atoms with Gasteiger partial charge >= 0.3 is 0 Å². The van der Waals surface area contributed by atoms with E-state index in [0.717, 1.165) is 48.1 Å². The number of imidazole rings is 1. The molecule has 0 unspecified atom stereocenters. The molecule has 0 bridgehead atoms. The van der Waals surface area contributed by atoms with E-state index in [-0.39, 0.29) is 5.56 Å². The lowest BCUT2D eigenvalue weighted by Crippen LogP contribution is -2.31. The molecule has 0 radical (unpaired) electrons.